The third kappa shape index (κ3) is 5.13. The van der Waals surface area contributed by atoms with E-state index in [-0.39, 0.29) is 11.9 Å². The van der Waals surface area contributed by atoms with Gasteiger partial charge in [-0.2, -0.15) is 0 Å². The molecule has 1 unspecified atom stereocenters. The molecule has 2 saturated heterocycles. The van der Waals surface area contributed by atoms with Gasteiger partial charge < -0.3 is 15.5 Å². The molecule has 0 radical (unpaired) electrons. The molecular weight excluding hydrogens is 364 g/mol. The molecule has 1 aromatic carbocycles. The molecule has 1 saturated carbocycles. The first-order chi connectivity index (χ1) is 14.1. The molecule has 3 aliphatic rings. The number of fused-ring (bicyclic) bond motifs is 2. The second kappa shape index (κ2) is 9.48. The average Bonchev–Trinajstić information content (AvgIpc) is 2.95. The highest BCUT2D eigenvalue weighted by molar-refractivity contribution is 5.77. The molecule has 1 aliphatic carbocycles. The van der Waals surface area contributed by atoms with E-state index in [9.17, 15) is 15.0 Å². The van der Waals surface area contributed by atoms with Gasteiger partial charge in [-0.05, 0) is 61.6 Å². The van der Waals surface area contributed by atoms with Crippen LogP contribution in [0, 0.1) is 5.92 Å². The maximum absolute atomic E-state index is 11.9. The Kier molecular flexibility index (Phi) is 6.76. The number of phenolic OH excluding ortho intramolecular Hbond substituents is 1. The summed E-state index contributed by atoms with van der Waals surface area (Å²) in [6.07, 6.45) is 12.3. The third-order valence-corrected chi connectivity index (χ3v) is 7.51. The van der Waals surface area contributed by atoms with Crippen molar-refractivity contribution in [2.45, 2.75) is 88.3 Å². The monoisotopic (exact) mass is 400 g/mol. The second-order valence-electron chi connectivity index (χ2n) is 9.51. The minimum Gasteiger partial charge on any atom is -0.508 e. The van der Waals surface area contributed by atoms with Gasteiger partial charge in [0.2, 0.25) is 5.91 Å². The number of aromatic hydroxyl groups is 1. The number of carbonyl (C=O) groups excluding carboxylic acids is 1. The Balaban J connectivity index is 1.40. The van der Waals surface area contributed by atoms with Crippen molar-refractivity contribution in [1.29, 1.82) is 0 Å². The number of hydrogen-bond acceptors (Lipinski definition) is 4. The Morgan fingerprint density at radius 2 is 1.83 bits per heavy atom. The van der Waals surface area contributed by atoms with E-state index in [0.29, 0.717) is 29.7 Å². The zero-order valence-electron chi connectivity index (χ0n) is 17.4. The van der Waals surface area contributed by atoms with Crippen molar-refractivity contribution < 1.29 is 15.0 Å². The number of rotatable bonds is 7. The molecule has 5 heteroatoms. The third-order valence-electron chi connectivity index (χ3n) is 7.51. The van der Waals surface area contributed by atoms with Crippen LogP contribution in [0.5, 0.6) is 5.75 Å². The zero-order chi connectivity index (χ0) is 20.2. The first-order valence-corrected chi connectivity index (χ1v) is 11.6. The van der Waals surface area contributed by atoms with Crippen LogP contribution in [0.1, 0.15) is 75.7 Å². The van der Waals surface area contributed by atoms with Crippen molar-refractivity contribution in [1.82, 2.24) is 10.2 Å². The van der Waals surface area contributed by atoms with Crippen molar-refractivity contribution in [3.05, 3.63) is 29.8 Å². The molecule has 2 aliphatic heterocycles. The first-order valence-electron chi connectivity index (χ1n) is 11.6. The van der Waals surface area contributed by atoms with Crippen LogP contribution in [0.25, 0.3) is 0 Å². The Morgan fingerprint density at radius 3 is 2.48 bits per heavy atom. The van der Waals surface area contributed by atoms with Crippen LogP contribution in [0.2, 0.25) is 0 Å². The van der Waals surface area contributed by atoms with E-state index < -0.39 is 6.61 Å². The number of piperidine rings is 1. The molecule has 1 amide bonds. The van der Waals surface area contributed by atoms with E-state index in [2.05, 4.69) is 16.3 Å². The summed E-state index contributed by atoms with van der Waals surface area (Å²) in [6, 6.07) is 9.01. The van der Waals surface area contributed by atoms with Crippen LogP contribution in [0.15, 0.2) is 24.3 Å². The number of hydrogen-bond donors (Lipinski definition) is 3. The van der Waals surface area contributed by atoms with Gasteiger partial charge in [0.1, 0.15) is 12.4 Å². The number of phenols is 1. The highest BCUT2D eigenvalue weighted by atomic mass is 16.3. The van der Waals surface area contributed by atoms with Crippen LogP contribution in [-0.4, -0.2) is 52.3 Å². The smallest absolute Gasteiger partial charge is 0.245 e. The molecule has 3 N–H and O–H groups in total. The maximum atomic E-state index is 11.9. The van der Waals surface area contributed by atoms with Gasteiger partial charge in [-0.1, -0.05) is 44.2 Å². The number of aliphatic hydroxyl groups excluding tert-OH is 1. The van der Waals surface area contributed by atoms with Gasteiger partial charge in [-0.15, -0.1) is 0 Å². The number of carbonyl (C=O) groups is 1. The number of amides is 1. The molecule has 3 fully saturated rings. The molecule has 5 nitrogen and oxygen atoms in total. The first kappa shape index (κ1) is 20.7. The average molecular weight is 401 g/mol. The highest BCUT2D eigenvalue weighted by Gasteiger charge is 2.42. The minimum atomic E-state index is -0.423. The molecule has 2 heterocycles. The summed E-state index contributed by atoms with van der Waals surface area (Å²) in [5.74, 6) is 1.33. The minimum absolute atomic E-state index is 0.137. The number of nitrogens with zero attached hydrogens (tertiary/aromatic N) is 1. The Labute approximate surface area is 174 Å². The molecule has 2 bridgehead atoms. The van der Waals surface area contributed by atoms with E-state index >= 15 is 0 Å². The van der Waals surface area contributed by atoms with Gasteiger partial charge in [-0.25, -0.2) is 0 Å². The largest absolute Gasteiger partial charge is 0.508 e. The molecule has 0 aromatic heterocycles. The number of aliphatic hydroxyl groups is 1. The summed E-state index contributed by atoms with van der Waals surface area (Å²) >= 11 is 0. The molecule has 4 rings (SSSR count). The summed E-state index contributed by atoms with van der Waals surface area (Å²) in [6.45, 7) is 0.484. The Hall–Kier alpha value is -1.59. The number of benzene rings is 1. The van der Waals surface area contributed by atoms with Crippen molar-refractivity contribution in [2.75, 3.05) is 13.2 Å². The fraction of sp³-hybridized carbons (Fsp3) is 0.708. The Bertz CT molecular complexity index is 674. The molecule has 0 spiro atoms. The topological polar surface area (TPSA) is 72.8 Å². The highest BCUT2D eigenvalue weighted by Crippen LogP contribution is 2.43. The lowest BCUT2D eigenvalue weighted by atomic mass is 9.83. The summed E-state index contributed by atoms with van der Waals surface area (Å²) in [5.41, 5.74) is 1.26. The van der Waals surface area contributed by atoms with E-state index in [1.54, 1.807) is 6.07 Å². The lowest BCUT2D eigenvalue weighted by molar-refractivity contribution is -0.124. The van der Waals surface area contributed by atoms with Crippen LogP contribution < -0.4 is 5.32 Å². The van der Waals surface area contributed by atoms with Gasteiger partial charge in [0, 0.05) is 24.7 Å². The SMILES string of the molecule is O=C(CO)NC(CC1CCCCC1)CN1[C@@H]2CC[C@@H]1CC(c1cccc(O)c1)C2. The maximum Gasteiger partial charge on any atom is 0.245 e. The van der Waals surface area contributed by atoms with Gasteiger partial charge >= 0.3 is 0 Å². The summed E-state index contributed by atoms with van der Waals surface area (Å²) in [5, 5.41) is 22.2. The molecule has 3 atom stereocenters. The molecule has 29 heavy (non-hydrogen) atoms. The molecule has 1 aromatic rings. The zero-order valence-corrected chi connectivity index (χ0v) is 17.4. The van der Waals surface area contributed by atoms with Crippen LogP contribution in [0.4, 0.5) is 0 Å². The lowest BCUT2D eigenvalue weighted by Crippen LogP contribution is -2.51. The second-order valence-corrected chi connectivity index (χ2v) is 9.51. The van der Waals surface area contributed by atoms with E-state index in [1.807, 2.05) is 12.1 Å². The fourth-order valence-corrected chi connectivity index (χ4v) is 6.16. The van der Waals surface area contributed by atoms with Crippen molar-refractivity contribution >= 4 is 5.91 Å². The molecule has 160 valence electrons. The lowest BCUT2D eigenvalue weighted by Gasteiger charge is -2.41. The Morgan fingerprint density at radius 1 is 1.10 bits per heavy atom. The summed E-state index contributed by atoms with van der Waals surface area (Å²) in [4.78, 5) is 14.6. The predicted molar refractivity (Wildman–Crippen MR) is 114 cm³/mol. The van der Waals surface area contributed by atoms with Gasteiger partial charge in [-0.3, -0.25) is 9.69 Å². The standard InChI is InChI=1S/C24H36N2O3/c27-16-24(29)25-20(11-17-5-2-1-3-6-17)15-26-21-9-10-22(26)13-19(12-21)18-7-4-8-23(28)14-18/h4,7-8,14,17,19-22,27-28H,1-3,5-6,9-13,15-16H2,(H,25,29)/t20?,21-,22-/m1/s1. The van der Waals surface area contributed by atoms with Crippen LogP contribution >= 0.6 is 0 Å². The normalized spacial score (nSPS) is 28.9. The van der Waals surface area contributed by atoms with E-state index in [0.717, 1.165) is 25.8 Å². The van der Waals surface area contributed by atoms with Gasteiger partial charge in [0.15, 0.2) is 0 Å². The van der Waals surface area contributed by atoms with Gasteiger partial charge in [0.05, 0.1) is 0 Å². The van der Waals surface area contributed by atoms with Crippen molar-refractivity contribution in [3.63, 3.8) is 0 Å². The fourth-order valence-electron chi connectivity index (χ4n) is 6.16. The molecular formula is C24H36N2O3. The van der Waals surface area contributed by atoms with Gasteiger partial charge in [0.25, 0.3) is 0 Å². The number of nitrogens with one attached hydrogen (secondary N) is 1. The van der Waals surface area contributed by atoms with Crippen LogP contribution in [-0.2, 0) is 4.79 Å². The summed E-state index contributed by atoms with van der Waals surface area (Å²) < 4.78 is 0. The predicted octanol–water partition coefficient (Wildman–Crippen LogP) is 3.55. The van der Waals surface area contributed by atoms with E-state index in [4.69, 9.17) is 0 Å². The van der Waals surface area contributed by atoms with Crippen molar-refractivity contribution in [2.24, 2.45) is 5.92 Å². The van der Waals surface area contributed by atoms with E-state index in [1.165, 1.54) is 50.5 Å². The quantitative estimate of drug-likeness (QED) is 0.654. The summed E-state index contributed by atoms with van der Waals surface area (Å²) in [7, 11) is 0. The van der Waals surface area contributed by atoms with Crippen molar-refractivity contribution in [3.8, 4) is 5.75 Å². The van der Waals surface area contributed by atoms with Crippen LogP contribution in [0.3, 0.4) is 0 Å².